The molecule has 24 heavy (non-hydrogen) atoms. The average molecular weight is 346 g/mol. The Balaban J connectivity index is 1.67. The summed E-state index contributed by atoms with van der Waals surface area (Å²) in [6.45, 7) is 0.706. The van der Waals surface area contributed by atoms with Crippen molar-refractivity contribution in [3.8, 4) is 0 Å². The maximum Gasteiger partial charge on any atom is 0.264 e. The number of likely N-dealkylation sites (tertiary alicyclic amines) is 1. The fraction of sp³-hybridized carbons (Fsp3) is 0.333. The molecule has 0 unspecified atom stereocenters. The lowest BCUT2D eigenvalue weighted by Gasteiger charge is -2.34. The van der Waals surface area contributed by atoms with E-state index in [4.69, 9.17) is 0 Å². The molecule has 3 rings (SSSR count). The highest BCUT2D eigenvalue weighted by Gasteiger charge is 2.32. The quantitative estimate of drug-likeness (QED) is 0.924. The van der Waals surface area contributed by atoms with Crippen LogP contribution < -0.4 is 5.32 Å². The lowest BCUT2D eigenvalue weighted by molar-refractivity contribution is -0.126. The van der Waals surface area contributed by atoms with Crippen molar-refractivity contribution in [1.29, 1.82) is 0 Å². The van der Waals surface area contributed by atoms with Gasteiger partial charge in [-0.1, -0.05) is 24.3 Å². The molecule has 1 fully saturated rings. The third-order valence-corrected chi connectivity index (χ3v) is 5.07. The SMILES string of the molecule is O=C(NCc1ccccc1F)[C@@H]1CCCCN1C(=O)c1cccs1. The molecule has 126 valence electrons. The average Bonchev–Trinajstić information content (AvgIpc) is 3.15. The smallest absolute Gasteiger partial charge is 0.264 e. The van der Waals surface area contributed by atoms with E-state index in [0.29, 0.717) is 23.4 Å². The van der Waals surface area contributed by atoms with Crippen molar-refractivity contribution < 1.29 is 14.0 Å². The Morgan fingerprint density at radius 2 is 2.04 bits per heavy atom. The van der Waals surface area contributed by atoms with Gasteiger partial charge in [-0.25, -0.2) is 4.39 Å². The van der Waals surface area contributed by atoms with Gasteiger partial charge in [-0.2, -0.15) is 0 Å². The van der Waals surface area contributed by atoms with Crippen LogP contribution in [-0.2, 0) is 11.3 Å². The summed E-state index contributed by atoms with van der Waals surface area (Å²) in [6, 6.07) is 9.48. The van der Waals surface area contributed by atoms with Crippen LogP contribution >= 0.6 is 11.3 Å². The minimum atomic E-state index is -0.486. The lowest BCUT2D eigenvalue weighted by Crippen LogP contribution is -2.51. The van der Waals surface area contributed by atoms with Crippen molar-refractivity contribution in [2.75, 3.05) is 6.54 Å². The van der Waals surface area contributed by atoms with Crippen LogP contribution in [0.25, 0.3) is 0 Å². The molecular formula is C18H19FN2O2S. The summed E-state index contributed by atoms with van der Waals surface area (Å²) in [4.78, 5) is 27.4. The van der Waals surface area contributed by atoms with Crippen molar-refractivity contribution in [2.24, 2.45) is 0 Å². The maximum absolute atomic E-state index is 13.7. The Morgan fingerprint density at radius 1 is 1.21 bits per heavy atom. The van der Waals surface area contributed by atoms with E-state index in [-0.39, 0.29) is 24.2 Å². The summed E-state index contributed by atoms with van der Waals surface area (Å²) in [5.74, 6) is -0.661. The zero-order valence-electron chi connectivity index (χ0n) is 13.2. The Labute approximate surface area is 144 Å². The minimum absolute atomic E-state index is 0.101. The summed E-state index contributed by atoms with van der Waals surface area (Å²) in [5, 5.41) is 4.62. The molecule has 0 spiro atoms. The molecule has 4 nitrogen and oxygen atoms in total. The molecule has 1 atom stereocenters. The zero-order chi connectivity index (χ0) is 16.9. The number of halogens is 1. The van der Waals surface area contributed by atoms with Gasteiger partial charge < -0.3 is 10.2 Å². The second-order valence-corrected chi connectivity index (χ2v) is 6.74. The van der Waals surface area contributed by atoms with Crippen LogP contribution in [0.15, 0.2) is 41.8 Å². The minimum Gasteiger partial charge on any atom is -0.350 e. The predicted molar refractivity (Wildman–Crippen MR) is 91.2 cm³/mol. The van der Waals surface area contributed by atoms with Gasteiger partial charge in [-0.3, -0.25) is 9.59 Å². The Bertz CT molecular complexity index is 718. The first-order chi connectivity index (χ1) is 11.7. The fourth-order valence-electron chi connectivity index (χ4n) is 2.93. The van der Waals surface area contributed by atoms with E-state index in [0.717, 1.165) is 12.8 Å². The highest BCUT2D eigenvalue weighted by atomic mass is 32.1. The normalized spacial score (nSPS) is 17.5. The van der Waals surface area contributed by atoms with Crippen molar-refractivity contribution in [3.05, 3.63) is 58.0 Å². The second kappa shape index (κ2) is 7.57. The van der Waals surface area contributed by atoms with Gasteiger partial charge in [0.2, 0.25) is 5.91 Å². The number of piperidine rings is 1. The summed E-state index contributed by atoms with van der Waals surface area (Å²) >= 11 is 1.38. The number of carbonyl (C=O) groups excluding carboxylic acids is 2. The summed E-state index contributed by atoms with van der Waals surface area (Å²) < 4.78 is 13.7. The highest BCUT2D eigenvalue weighted by Crippen LogP contribution is 2.22. The number of amides is 2. The molecule has 0 radical (unpaired) electrons. The monoisotopic (exact) mass is 346 g/mol. The standard InChI is InChI=1S/C18H19FN2O2S/c19-14-7-2-1-6-13(14)12-20-17(22)15-8-3-4-10-21(15)18(23)16-9-5-11-24-16/h1-2,5-7,9,11,15H,3-4,8,10,12H2,(H,20,22)/t15-/m0/s1. The van der Waals surface area contributed by atoms with Gasteiger partial charge in [0.05, 0.1) is 4.88 Å². The molecule has 1 aromatic heterocycles. The Morgan fingerprint density at radius 3 is 2.79 bits per heavy atom. The first-order valence-corrected chi connectivity index (χ1v) is 8.90. The van der Waals surface area contributed by atoms with Crippen LogP contribution in [0.2, 0.25) is 0 Å². The molecule has 0 saturated carbocycles. The Kier molecular flexibility index (Phi) is 5.25. The predicted octanol–water partition coefficient (Wildman–Crippen LogP) is 3.20. The Hall–Kier alpha value is -2.21. The largest absolute Gasteiger partial charge is 0.350 e. The van der Waals surface area contributed by atoms with Crippen LogP contribution in [0, 0.1) is 5.82 Å². The molecule has 0 bridgehead atoms. The molecule has 1 aliphatic heterocycles. The third-order valence-electron chi connectivity index (χ3n) is 4.21. The van der Waals surface area contributed by atoms with Gasteiger partial charge in [-0.15, -0.1) is 11.3 Å². The number of hydrogen-bond donors (Lipinski definition) is 1. The van der Waals surface area contributed by atoms with Crippen molar-refractivity contribution in [1.82, 2.24) is 10.2 Å². The fourth-order valence-corrected chi connectivity index (χ4v) is 3.61. The van der Waals surface area contributed by atoms with Crippen molar-refractivity contribution in [2.45, 2.75) is 31.8 Å². The molecule has 2 amide bonds. The van der Waals surface area contributed by atoms with Gasteiger partial charge in [0.25, 0.3) is 5.91 Å². The number of benzene rings is 1. The van der Waals surface area contributed by atoms with Crippen LogP contribution in [0.3, 0.4) is 0 Å². The van der Waals surface area contributed by atoms with Gasteiger partial charge in [0.1, 0.15) is 11.9 Å². The first-order valence-electron chi connectivity index (χ1n) is 8.02. The molecule has 1 saturated heterocycles. The number of carbonyl (C=O) groups is 2. The number of nitrogens with one attached hydrogen (secondary N) is 1. The van der Waals surface area contributed by atoms with Gasteiger partial charge in [-0.05, 0) is 36.8 Å². The van der Waals surface area contributed by atoms with E-state index in [1.165, 1.54) is 17.4 Å². The van der Waals surface area contributed by atoms with Gasteiger partial charge in [0.15, 0.2) is 0 Å². The molecule has 0 aliphatic carbocycles. The first kappa shape index (κ1) is 16.6. The summed E-state index contributed by atoms with van der Waals surface area (Å²) in [7, 11) is 0. The highest BCUT2D eigenvalue weighted by molar-refractivity contribution is 7.12. The van der Waals surface area contributed by atoms with Crippen LogP contribution in [0.1, 0.15) is 34.5 Å². The van der Waals surface area contributed by atoms with E-state index >= 15 is 0 Å². The van der Waals surface area contributed by atoms with Crippen molar-refractivity contribution in [3.63, 3.8) is 0 Å². The summed E-state index contributed by atoms with van der Waals surface area (Å²) in [5.41, 5.74) is 0.442. The van der Waals surface area contributed by atoms with Crippen molar-refractivity contribution >= 4 is 23.2 Å². The molecular weight excluding hydrogens is 327 g/mol. The molecule has 2 aromatic rings. The molecule has 1 aromatic carbocycles. The van der Waals surface area contributed by atoms with E-state index < -0.39 is 6.04 Å². The van der Waals surface area contributed by atoms with Crippen LogP contribution in [0.5, 0.6) is 0 Å². The number of hydrogen-bond acceptors (Lipinski definition) is 3. The third kappa shape index (κ3) is 3.64. The van der Waals surface area contributed by atoms with E-state index in [2.05, 4.69) is 5.32 Å². The molecule has 1 aliphatic rings. The van der Waals surface area contributed by atoms with Crippen LogP contribution in [0.4, 0.5) is 4.39 Å². The number of thiophene rings is 1. The zero-order valence-corrected chi connectivity index (χ0v) is 14.0. The summed E-state index contributed by atoms with van der Waals surface area (Å²) in [6.07, 6.45) is 2.44. The van der Waals surface area contributed by atoms with Gasteiger partial charge in [0, 0.05) is 18.7 Å². The lowest BCUT2D eigenvalue weighted by atomic mass is 10.0. The van der Waals surface area contributed by atoms with E-state index in [1.807, 2.05) is 11.4 Å². The van der Waals surface area contributed by atoms with Gasteiger partial charge >= 0.3 is 0 Å². The molecule has 6 heteroatoms. The molecule has 2 heterocycles. The maximum atomic E-state index is 13.7. The van der Waals surface area contributed by atoms with E-state index in [1.54, 1.807) is 29.2 Å². The van der Waals surface area contributed by atoms with Crippen LogP contribution in [-0.4, -0.2) is 29.3 Å². The number of nitrogens with zero attached hydrogens (tertiary/aromatic N) is 1. The number of rotatable bonds is 4. The van der Waals surface area contributed by atoms with E-state index in [9.17, 15) is 14.0 Å². The topological polar surface area (TPSA) is 49.4 Å². The molecule has 1 N–H and O–H groups in total. The second-order valence-electron chi connectivity index (χ2n) is 5.80.